The topological polar surface area (TPSA) is 57.1 Å². The molecule has 140 valence electrons. The molecular weight excluding hydrogens is 350 g/mol. The second kappa shape index (κ2) is 8.59. The van der Waals surface area contributed by atoms with Crippen LogP contribution in [0.5, 0.6) is 5.75 Å². The van der Waals surface area contributed by atoms with Crippen molar-refractivity contribution in [3.05, 3.63) is 84.3 Å². The van der Waals surface area contributed by atoms with Crippen molar-refractivity contribution < 1.29 is 9.47 Å². The molecule has 0 bridgehead atoms. The standard InChI is InChI=1S/C23H21N3O2/c1-27-13-10-17-4-8-21(9-5-17)28-16-18-2-6-19(7-3-18)20-14-22-23(26-15-20)25-12-11-24-22/h2-9,11-12,14-15H,10,13,16H2,1H3. The number of hydrogen-bond acceptors (Lipinski definition) is 5. The summed E-state index contributed by atoms with van der Waals surface area (Å²) in [6.45, 7) is 1.25. The second-order valence-corrected chi connectivity index (χ2v) is 6.50. The number of rotatable bonds is 7. The molecule has 4 rings (SSSR count). The Balaban J connectivity index is 1.40. The van der Waals surface area contributed by atoms with E-state index in [1.807, 2.05) is 24.4 Å². The summed E-state index contributed by atoms with van der Waals surface area (Å²) in [5.74, 6) is 0.863. The Hall–Kier alpha value is -3.31. The lowest BCUT2D eigenvalue weighted by Crippen LogP contribution is -1.97. The van der Waals surface area contributed by atoms with Crippen LogP contribution >= 0.6 is 0 Å². The molecule has 28 heavy (non-hydrogen) atoms. The van der Waals surface area contributed by atoms with Gasteiger partial charge in [-0.2, -0.15) is 0 Å². The van der Waals surface area contributed by atoms with Crippen molar-refractivity contribution in [1.82, 2.24) is 15.0 Å². The maximum Gasteiger partial charge on any atom is 0.178 e. The number of fused-ring (bicyclic) bond motifs is 1. The molecule has 5 nitrogen and oxygen atoms in total. The third kappa shape index (κ3) is 4.32. The zero-order valence-electron chi connectivity index (χ0n) is 15.7. The number of hydrogen-bond donors (Lipinski definition) is 0. The second-order valence-electron chi connectivity index (χ2n) is 6.50. The fourth-order valence-electron chi connectivity index (χ4n) is 2.95. The molecule has 0 aliphatic heterocycles. The van der Waals surface area contributed by atoms with E-state index in [0.717, 1.165) is 41.0 Å². The van der Waals surface area contributed by atoms with Crippen LogP contribution in [0.3, 0.4) is 0 Å². The van der Waals surface area contributed by atoms with Gasteiger partial charge in [0.1, 0.15) is 17.9 Å². The molecular formula is C23H21N3O2. The van der Waals surface area contributed by atoms with Gasteiger partial charge in [0.15, 0.2) is 5.65 Å². The minimum Gasteiger partial charge on any atom is -0.489 e. The van der Waals surface area contributed by atoms with E-state index in [9.17, 15) is 0 Å². The maximum absolute atomic E-state index is 5.89. The van der Waals surface area contributed by atoms with Gasteiger partial charge >= 0.3 is 0 Å². The van der Waals surface area contributed by atoms with E-state index in [2.05, 4.69) is 51.4 Å². The molecule has 0 N–H and O–H groups in total. The SMILES string of the molecule is COCCc1ccc(OCc2ccc(-c3cnc4nccnc4c3)cc2)cc1. The lowest BCUT2D eigenvalue weighted by Gasteiger charge is -2.08. The Morgan fingerprint density at radius 1 is 0.786 bits per heavy atom. The summed E-state index contributed by atoms with van der Waals surface area (Å²) in [6, 6.07) is 18.5. The number of aromatic nitrogens is 3. The van der Waals surface area contributed by atoms with Gasteiger partial charge in [-0.1, -0.05) is 36.4 Å². The molecule has 0 atom stereocenters. The zero-order valence-corrected chi connectivity index (χ0v) is 15.7. The molecule has 0 aliphatic rings. The minimum absolute atomic E-state index is 0.527. The van der Waals surface area contributed by atoms with E-state index in [1.54, 1.807) is 19.5 Å². The highest BCUT2D eigenvalue weighted by Gasteiger charge is 2.03. The van der Waals surface area contributed by atoms with Crippen molar-refractivity contribution in [3.63, 3.8) is 0 Å². The first-order chi connectivity index (χ1) is 13.8. The lowest BCUT2D eigenvalue weighted by atomic mass is 10.1. The van der Waals surface area contributed by atoms with Crippen LogP contribution in [-0.2, 0) is 17.8 Å². The molecule has 2 heterocycles. The Bertz CT molecular complexity index is 1050. The number of methoxy groups -OCH3 is 1. The molecule has 0 fully saturated rings. The predicted octanol–water partition coefficient (Wildman–Crippen LogP) is 4.46. The van der Waals surface area contributed by atoms with Crippen LogP contribution in [0.4, 0.5) is 0 Å². The van der Waals surface area contributed by atoms with E-state index in [0.29, 0.717) is 12.3 Å². The maximum atomic E-state index is 5.89. The lowest BCUT2D eigenvalue weighted by molar-refractivity contribution is 0.202. The highest BCUT2D eigenvalue weighted by atomic mass is 16.5. The molecule has 4 aromatic rings. The number of benzene rings is 2. The van der Waals surface area contributed by atoms with E-state index in [4.69, 9.17) is 9.47 Å². The quantitative estimate of drug-likeness (QED) is 0.480. The van der Waals surface area contributed by atoms with Gasteiger partial charge in [0, 0.05) is 31.3 Å². The summed E-state index contributed by atoms with van der Waals surface area (Å²) >= 11 is 0. The van der Waals surface area contributed by atoms with Crippen LogP contribution in [0, 0.1) is 0 Å². The first-order valence-corrected chi connectivity index (χ1v) is 9.18. The third-order valence-corrected chi connectivity index (χ3v) is 4.54. The van der Waals surface area contributed by atoms with Crippen LogP contribution in [0.15, 0.2) is 73.2 Å². The first-order valence-electron chi connectivity index (χ1n) is 9.18. The third-order valence-electron chi connectivity index (χ3n) is 4.54. The number of pyridine rings is 1. The predicted molar refractivity (Wildman–Crippen MR) is 109 cm³/mol. The van der Waals surface area contributed by atoms with E-state index < -0.39 is 0 Å². The Labute approximate surface area is 164 Å². The summed E-state index contributed by atoms with van der Waals surface area (Å²) in [5, 5.41) is 0. The first kappa shape index (κ1) is 18.1. The summed E-state index contributed by atoms with van der Waals surface area (Å²) in [5.41, 5.74) is 5.91. The van der Waals surface area contributed by atoms with Crippen LogP contribution < -0.4 is 4.74 Å². The molecule has 0 radical (unpaired) electrons. The number of ether oxygens (including phenoxy) is 2. The van der Waals surface area contributed by atoms with E-state index in [1.165, 1.54) is 5.56 Å². The minimum atomic E-state index is 0.527. The Kier molecular flexibility index (Phi) is 5.54. The molecule has 2 aromatic heterocycles. The van der Waals surface area contributed by atoms with Gasteiger partial charge in [0.25, 0.3) is 0 Å². The van der Waals surface area contributed by atoms with Crippen LogP contribution in [0.25, 0.3) is 22.3 Å². The smallest absolute Gasteiger partial charge is 0.178 e. The normalized spacial score (nSPS) is 10.9. The van der Waals surface area contributed by atoms with E-state index >= 15 is 0 Å². The van der Waals surface area contributed by atoms with Crippen LogP contribution in [0.1, 0.15) is 11.1 Å². The largest absolute Gasteiger partial charge is 0.489 e. The van der Waals surface area contributed by atoms with Gasteiger partial charge in [-0.05, 0) is 41.3 Å². The van der Waals surface area contributed by atoms with Gasteiger partial charge in [-0.3, -0.25) is 4.98 Å². The molecule has 0 saturated carbocycles. The van der Waals surface area contributed by atoms with Gasteiger partial charge in [0.2, 0.25) is 0 Å². The summed E-state index contributed by atoms with van der Waals surface area (Å²) in [6.07, 6.45) is 6.07. The summed E-state index contributed by atoms with van der Waals surface area (Å²) in [4.78, 5) is 12.9. The fraction of sp³-hybridized carbons (Fsp3) is 0.174. The summed E-state index contributed by atoms with van der Waals surface area (Å²) in [7, 11) is 1.72. The molecule has 0 aliphatic carbocycles. The van der Waals surface area contributed by atoms with Crippen molar-refractivity contribution in [3.8, 4) is 16.9 Å². The molecule has 0 unspecified atom stereocenters. The molecule has 5 heteroatoms. The molecule has 0 spiro atoms. The van der Waals surface area contributed by atoms with Gasteiger partial charge in [0.05, 0.1) is 6.61 Å². The van der Waals surface area contributed by atoms with Crippen molar-refractivity contribution in [1.29, 1.82) is 0 Å². The number of nitrogens with zero attached hydrogens (tertiary/aromatic N) is 3. The van der Waals surface area contributed by atoms with Crippen molar-refractivity contribution in [2.24, 2.45) is 0 Å². The molecule has 0 amide bonds. The zero-order chi connectivity index (χ0) is 19.2. The van der Waals surface area contributed by atoms with Crippen molar-refractivity contribution in [2.45, 2.75) is 13.0 Å². The Morgan fingerprint density at radius 2 is 1.54 bits per heavy atom. The van der Waals surface area contributed by atoms with Crippen molar-refractivity contribution >= 4 is 11.2 Å². The van der Waals surface area contributed by atoms with E-state index in [-0.39, 0.29) is 0 Å². The molecule has 2 aromatic carbocycles. The average Bonchev–Trinajstić information content (AvgIpc) is 2.77. The van der Waals surface area contributed by atoms with Crippen LogP contribution in [0.2, 0.25) is 0 Å². The average molecular weight is 371 g/mol. The summed E-state index contributed by atoms with van der Waals surface area (Å²) < 4.78 is 11.0. The van der Waals surface area contributed by atoms with Crippen LogP contribution in [-0.4, -0.2) is 28.7 Å². The fourth-order valence-corrected chi connectivity index (χ4v) is 2.95. The van der Waals surface area contributed by atoms with Gasteiger partial charge < -0.3 is 9.47 Å². The monoisotopic (exact) mass is 371 g/mol. The highest BCUT2D eigenvalue weighted by Crippen LogP contribution is 2.22. The highest BCUT2D eigenvalue weighted by molar-refractivity contribution is 5.77. The van der Waals surface area contributed by atoms with Gasteiger partial charge in [-0.25, -0.2) is 9.97 Å². The molecule has 0 saturated heterocycles. The Morgan fingerprint density at radius 3 is 2.32 bits per heavy atom. The van der Waals surface area contributed by atoms with Crippen molar-refractivity contribution in [2.75, 3.05) is 13.7 Å². The van der Waals surface area contributed by atoms with Gasteiger partial charge in [-0.15, -0.1) is 0 Å².